The van der Waals surface area contributed by atoms with E-state index in [2.05, 4.69) is 0 Å². The second kappa shape index (κ2) is 7.31. The summed E-state index contributed by atoms with van der Waals surface area (Å²) in [6.45, 7) is 2.66. The molecule has 1 fully saturated rings. The minimum Gasteiger partial charge on any atom is -0.422 e. The minimum absolute atomic E-state index is 0.00968. The molecule has 6 nitrogen and oxygen atoms in total. The topological polar surface area (TPSA) is 70.8 Å². The van der Waals surface area contributed by atoms with Crippen LogP contribution in [0.1, 0.15) is 28.8 Å². The Morgan fingerprint density at radius 3 is 2.57 bits per heavy atom. The molecule has 2 aromatic carbocycles. The molecule has 2 heterocycles. The third kappa shape index (κ3) is 3.41. The van der Waals surface area contributed by atoms with Gasteiger partial charge in [0, 0.05) is 24.0 Å². The standard InChI is InChI=1S/C22H20N2O4/c1-15-8-10-17(11-9-15)24(14-23-12-4-7-20(23)25)21(26)18-13-16-5-2-3-6-19(16)28-22(18)27/h2-3,5-6,8-11,13H,4,7,12,14H2,1H3. The van der Waals surface area contributed by atoms with Gasteiger partial charge in [-0.3, -0.25) is 14.5 Å². The smallest absolute Gasteiger partial charge is 0.349 e. The number of aryl methyl sites for hydroxylation is 1. The zero-order valence-electron chi connectivity index (χ0n) is 15.6. The SMILES string of the molecule is Cc1ccc(N(CN2CCCC2=O)C(=O)c2cc3ccccc3oc2=O)cc1. The van der Waals surface area contributed by atoms with Crippen LogP contribution in [0.2, 0.25) is 0 Å². The van der Waals surface area contributed by atoms with Crippen LogP contribution >= 0.6 is 0 Å². The molecular formula is C22H20N2O4. The van der Waals surface area contributed by atoms with E-state index in [4.69, 9.17) is 4.42 Å². The summed E-state index contributed by atoms with van der Waals surface area (Å²) in [6, 6.07) is 16.0. The Balaban J connectivity index is 1.76. The number of likely N-dealkylation sites (tertiary alicyclic amines) is 1. The number of rotatable bonds is 4. The first-order chi connectivity index (χ1) is 13.5. The van der Waals surface area contributed by atoms with Crippen LogP contribution in [0.15, 0.2) is 63.8 Å². The van der Waals surface area contributed by atoms with Crippen LogP contribution in [-0.4, -0.2) is 29.9 Å². The van der Waals surface area contributed by atoms with Crippen molar-refractivity contribution in [3.63, 3.8) is 0 Å². The van der Waals surface area contributed by atoms with Gasteiger partial charge < -0.3 is 9.32 Å². The Kier molecular flexibility index (Phi) is 4.69. The molecule has 0 bridgehead atoms. The first-order valence-corrected chi connectivity index (χ1v) is 9.22. The molecule has 0 unspecified atom stereocenters. The van der Waals surface area contributed by atoms with Crippen LogP contribution in [0.25, 0.3) is 11.0 Å². The third-order valence-electron chi connectivity index (χ3n) is 4.95. The number of carbonyl (C=O) groups excluding carboxylic acids is 2. The number of fused-ring (bicyclic) bond motifs is 1. The van der Waals surface area contributed by atoms with Crippen LogP contribution in [-0.2, 0) is 4.79 Å². The van der Waals surface area contributed by atoms with E-state index < -0.39 is 11.5 Å². The van der Waals surface area contributed by atoms with Crippen LogP contribution < -0.4 is 10.5 Å². The van der Waals surface area contributed by atoms with Gasteiger partial charge in [0.25, 0.3) is 5.91 Å². The second-order valence-corrected chi connectivity index (χ2v) is 6.96. The molecule has 142 valence electrons. The average Bonchev–Trinajstić information content (AvgIpc) is 3.10. The molecule has 1 aliphatic rings. The van der Waals surface area contributed by atoms with E-state index in [1.54, 1.807) is 29.2 Å². The number of anilines is 1. The molecule has 0 atom stereocenters. The van der Waals surface area contributed by atoms with Gasteiger partial charge in [-0.05, 0) is 37.6 Å². The summed E-state index contributed by atoms with van der Waals surface area (Å²) < 4.78 is 5.33. The lowest BCUT2D eigenvalue weighted by Gasteiger charge is -2.28. The fraction of sp³-hybridized carbons (Fsp3) is 0.227. The van der Waals surface area contributed by atoms with Crippen LogP contribution in [0.5, 0.6) is 0 Å². The van der Waals surface area contributed by atoms with Gasteiger partial charge in [0.05, 0.1) is 0 Å². The van der Waals surface area contributed by atoms with Crippen LogP contribution in [0.4, 0.5) is 5.69 Å². The van der Waals surface area contributed by atoms with Gasteiger partial charge in [-0.25, -0.2) is 4.79 Å². The molecule has 0 saturated carbocycles. The molecule has 6 heteroatoms. The molecule has 1 aliphatic heterocycles. The average molecular weight is 376 g/mol. The molecule has 4 rings (SSSR count). The predicted octanol–water partition coefficient (Wildman–Crippen LogP) is 3.33. The Labute approximate surface area is 162 Å². The molecular weight excluding hydrogens is 356 g/mol. The van der Waals surface area contributed by atoms with Crippen molar-refractivity contribution in [2.45, 2.75) is 19.8 Å². The van der Waals surface area contributed by atoms with E-state index in [-0.39, 0.29) is 18.1 Å². The van der Waals surface area contributed by atoms with Gasteiger partial charge in [0.2, 0.25) is 5.91 Å². The Morgan fingerprint density at radius 1 is 1.11 bits per heavy atom. The third-order valence-corrected chi connectivity index (χ3v) is 4.95. The summed E-state index contributed by atoms with van der Waals surface area (Å²) >= 11 is 0. The zero-order chi connectivity index (χ0) is 19.7. The fourth-order valence-electron chi connectivity index (χ4n) is 3.37. The van der Waals surface area contributed by atoms with Crippen molar-refractivity contribution < 1.29 is 14.0 Å². The van der Waals surface area contributed by atoms with Crippen molar-refractivity contribution in [2.24, 2.45) is 0 Å². The van der Waals surface area contributed by atoms with Crippen molar-refractivity contribution in [1.29, 1.82) is 0 Å². The molecule has 0 radical (unpaired) electrons. The second-order valence-electron chi connectivity index (χ2n) is 6.96. The number of benzene rings is 2. The Morgan fingerprint density at radius 2 is 1.86 bits per heavy atom. The maximum atomic E-state index is 13.3. The number of hydrogen-bond acceptors (Lipinski definition) is 4. The maximum Gasteiger partial charge on any atom is 0.349 e. The number of hydrogen-bond donors (Lipinski definition) is 0. The first kappa shape index (κ1) is 18.0. The Hall–Kier alpha value is -3.41. The lowest BCUT2D eigenvalue weighted by molar-refractivity contribution is -0.127. The summed E-state index contributed by atoms with van der Waals surface area (Å²) in [6.07, 6.45) is 1.25. The predicted molar refractivity (Wildman–Crippen MR) is 106 cm³/mol. The Bertz CT molecular complexity index is 1100. The van der Waals surface area contributed by atoms with Gasteiger partial charge in [-0.1, -0.05) is 35.9 Å². The summed E-state index contributed by atoms with van der Waals surface area (Å²) in [5.74, 6) is -0.474. The van der Waals surface area contributed by atoms with E-state index in [1.807, 2.05) is 37.3 Å². The first-order valence-electron chi connectivity index (χ1n) is 9.22. The van der Waals surface area contributed by atoms with Crippen LogP contribution in [0, 0.1) is 6.92 Å². The molecule has 0 spiro atoms. The molecule has 1 saturated heterocycles. The van der Waals surface area contributed by atoms with Crippen molar-refractivity contribution in [2.75, 3.05) is 18.1 Å². The van der Waals surface area contributed by atoms with E-state index in [9.17, 15) is 14.4 Å². The fourth-order valence-corrected chi connectivity index (χ4v) is 3.37. The number of amides is 2. The summed E-state index contributed by atoms with van der Waals surface area (Å²) in [5.41, 5.74) is 1.38. The summed E-state index contributed by atoms with van der Waals surface area (Å²) in [4.78, 5) is 41.0. The largest absolute Gasteiger partial charge is 0.422 e. The van der Waals surface area contributed by atoms with Crippen molar-refractivity contribution in [1.82, 2.24) is 4.90 Å². The lowest BCUT2D eigenvalue weighted by atomic mass is 10.1. The van der Waals surface area contributed by atoms with Crippen molar-refractivity contribution in [3.05, 3.63) is 76.1 Å². The van der Waals surface area contributed by atoms with E-state index in [1.165, 1.54) is 4.90 Å². The van der Waals surface area contributed by atoms with E-state index >= 15 is 0 Å². The molecule has 0 aliphatic carbocycles. The van der Waals surface area contributed by atoms with Gasteiger partial charge in [0.15, 0.2) is 0 Å². The van der Waals surface area contributed by atoms with Gasteiger partial charge in [-0.15, -0.1) is 0 Å². The quantitative estimate of drug-likeness (QED) is 0.655. The highest BCUT2D eigenvalue weighted by Crippen LogP contribution is 2.21. The number of nitrogens with zero attached hydrogens (tertiary/aromatic N) is 2. The zero-order valence-corrected chi connectivity index (χ0v) is 15.6. The highest BCUT2D eigenvalue weighted by Gasteiger charge is 2.28. The lowest BCUT2D eigenvalue weighted by Crippen LogP contribution is -2.43. The van der Waals surface area contributed by atoms with Gasteiger partial charge in [0.1, 0.15) is 17.8 Å². The van der Waals surface area contributed by atoms with Crippen molar-refractivity contribution >= 4 is 28.5 Å². The summed E-state index contributed by atoms with van der Waals surface area (Å²) in [7, 11) is 0. The number of carbonyl (C=O) groups is 2. The van der Waals surface area contributed by atoms with Gasteiger partial charge >= 0.3 is 5.63 Å². The molecule has 1 aromatic heterocycles. The van der Waals surface area contributed by atoms with E-state index in [0.717, 1.165) is 12.0 Å². The van der Waals surface area contributed by atoms with Crippen LogP contribution in [0.3, 0.4) is 0 Å². The monoisotopic (exact) mass is 376 g/mol. The molecule has 28 heavy (non-hydrogen) atoms. The molecule has 3 aromatic rings. The summed E-state index contributed by atoms with van der Waals surface area (Å²) in [5, 5.41) is 0.673. The molecule has 0 N–H and O–H groups in total. The van der Waals surface area contributed by atoms with Gasteiger partial charge in [-0.2, -0.15) is 0 Å². The number of para-hydroxylation sites is 1. The molecule has 2 amide bonds. The van der Waals surface area contributed by atoms with E-state index in [0.29, 0.717) is 29.6 Å². The highest BCUT2D eigenvalue weighted by molar-refractivity contribution is 6.07. The maximum absolute atomic E-state index is 13.3. The minimum atomic E-state index is -0.687. The van der Waals surface area contributed by atoms with Crippen molar-refractivity contribution in [3.8, 4) is 0 Å². The highest BCUT2D eigenvalue weighted by atomic mass is 16.4. The normalized spacial score (nSPS) is 13.9.